The molecule has 4 heteroatoms. The van der Waals surface area contributed by atoms with Gasteiger partial charge in [-0.25, -0.2) is 4.98 Å². The molecule has 0 amide bonds. The highest BCUT2D eigenvalue weighted by Gasteiger charge is 2.14. The quantitative estimate of drug-likeness (QED) is 0.901. The molecule has 1 aromatic heterocycles. The summed E-state index contributed by atoms with van der Waals surface area (Å²) >= 11 is 5.90. The second-order valence-corrected chi connectivity index (χ2v) is 5.10. The average Bonchev–Trinajstić information content (AvgIpc) is 2.41. The standard InChI is InChI=1S/C15H18ClN3/c1-10-7-13(15(17)19-9-10)14(18-2)8-11-3-5-12(16)6-4-11/h3-7,9,14,18H,8H2,1-2H3,(H2,17,19). The molecular weight excluding hydrogens is 258 g/mol. The molecule has 1 atom stereocenters. The van der Waals surface area contributed by atoms with E-state index in [1.807, 2.05) is 38.2 Å². The fraction of sp³-hybridized carbons (Fsp3) is 0.267. The van der Waals surface area contributed by atoms with Crippen molar-refractivity contribution in [2.75, 3.05) is 12.8 Å². The number of rotatable bonds is 4. The molecule has 0 fully saturated rings. The number of aryl methyl sites for hydroxylation is 1. The highest BCUT2D eigenvalue weighted by molar-refractivity contribution is 6.30. The summed E-state index contributed by atoms with van der Waals surface area (Å²) in [6.45, 7) is 2.02. The molecule has 3 N–H and O–H groups in total. The molecule has 1 aromatic carbocycles. The van der Waals surface area contributed by atoms with Crippen LogP contribution in [0.25, 0.3) is 0 Å². The van der Waals surface area contributed by atoms with Gasteiger partial charge in [-0.1, -0.05) is 23.7 Å². The lowest BCUT2D eigenvalue weighted by Crippen LogP contribution is -2.20. The predicted octanol–water partition coefficient (Wildman–Crippen LogP) is 3.13. The second-order valence-electron chi connectivity index (χ2n) is 4.66. The molecule has 0 bridgehead atoms. The van der Waals surface area contributed by atoms with E-state index in [1.165, 1.54) is 5.56 Å². The molecule has 0 aliphatic heterocycles. The van der Waals surface area contributed by atoms with E-state index in [0.29, 0.717) is 5.82 Å². The van der Waals surface area contributed by atoms with Crippen molar-refractivity contribution in [2.24, 2.45) is 0 Å². The summed E-state index contributed by atoms with van der Waals surface area (Å²) in [5.41, 5.74) is 9.34. The summed E-state index contributed by atoms with van der Waals surface area (Å²) in [5, 5.41) is 4.05. The lowest BCUT2D eigenvalue weighted by atomic mass is 9.98. The first-order valence-electron chi connectivity index (χ1n) is 6.24. The molecule has 2 rings (SSSR count). The van der Waals surface area contributed by atoms with Crippen LogP contribution < -0.4 is 11.1 Å². The van der Waals surface area contributed by atoms with Crippen LogP contribution in [0.3, 0.4) is 0 Å². The van der Waals surface area contributed by atoms with Gasteiger partial charge in [-0.2, -0.15) is 0 Å². The third-order valence-electron chi connectivity index (χ3n) is 3.16. The molecule has 0 radical (unpaired) electrons. The molecule has 0 saturated carbocycles. The van der Waals surface area contributed by atoms with E-state index in [0.717, 1.165) is 22.6 Å². The van der Waals surface area contributed by atoms with Gasteiger partial charge in [0.25, 0.3) is 0 Å². The molecule has 2 aromatic rings. The number of benzene rings is 1. The molecule has 0 aliphatic rings. The largest absolute Gasteiger partial charge is 0.383 e. The average molecular weight is 276 g/mol. The van der Waals surface area contributed by atoms with Gasteiger partial charge in [0.05, 0.1) is 0 Å². The minimum atomic E-state index is 0.147. The monoisotopic (exact) mass is 275 g/mol. The van der Waals surface area contributed by atoms with Crippen LogP contribution in [-0.4, -0.2) is 12.0 Å². The molecule has 100 valence electrons. The third kappa shape index (κ3) is 3.46. The Morgan fingerprint density at radius 3 is 2.63 bits per heavy atom. The van der Waals surface area contributed by atoms with E-state index in [9.17, 15) is 0 Å². The number of nitrogen functional groups attached to an aromatic ring is 1. The Morgan fingerprint density at radius 1 is 1.32 bits per heavy atom. The number of hydrogen-bond donors (Lipinski definition) is 2. The van der Waals surface area contributed by atoms with Crippen molar-refractivity contribution in [1.29, 1.82) is 0 Å². The fourth-order valence-electron chi connectivity index (χ4n) is 2.11. The number of pyridine rings is 1. The number of nitrogens with two attached hydrogens (primary N) is 1. The van der Waals surface area contributed by atoms with Crippen LogP contribution in [0.4, 0.5) is 5.82 Å². The zero-order valence-electron chi connectivity index (χ0n) is 11.2. The molecule has 0 spiro atoms. The molecule has 0 saturated heterocycles. The van der Waals surface area contributed by atoms with Gasteiger partial charge in [-0.15, -0.1) is 0 Å². The highest BCUT2D eigenvalue weighted by Crippen LogP contribution is 2.23. The first-order valence-corrected chi connectivity index (χ1v) is 6.61. The number of anilines is 1. The third-order valence-corrected chi connectivity index (χ3v) is 3.42. The Morgan fingerprint density at radius 2 is 2.00 bits per heavy atom. The minimum Gasteiger partial charge on any atom is -0.383 e. The van der Waals surface area contributed by atoms with Crippen molar-refractivity contribution in [3.8, 4) is 0 Å². The maximum absolute atomic E-state index is 5.97. The predicted molar refractivity (Wildman–Crippen MR) is 80.3 cm³/mol. The summed E-state index contributed by atoms with van der Waals surface area (Å²) in [5.74, 6) is 0.582. The first-order chi connectivity index (χ1) is 9.10. The van der Waals surface area contributed by atoms with Gasteiger partial charge in [-0.05, 0) is 49.7 Å². The van der Waals surface area contributed by atoms with E-state index >= 15 is 0 Å². The van der Waals surface area contributed by atoms with Crippen LogP contribution in [-0.2, 0) is 6.42 Å². The Balaban J connectivity index is 2.24. The van der Waals surface area contributed by atoms with Crippen LogP contribution in [0.15, 0.2) is 36.5 Å². The number of aromatic nitrogens is 1. The maximum Gasteiger partial charge on any atom is 0.128 e. The highest BCUT2D eigenvalue weighted by atomic mass is 35.5. The van der Waals surface area contributed by atoms with Crippen molar-refractivity contribution in [1.82, 2.24) is 10.3 Å². The van der Waals surface area contributed by atoms with Crippen LogP contribution in [0.5, 0.6) is 0 Å². The SMILES string of the molecule is CNC(Cc1ccc(Cl)cc1)c1cc(C)cnc1N. The van der Waals surface area contributed by atoms with Gasteiger partial charge in [0, 0.05) is 22.8 Å². The Hall–Kier alpha value is -1.58. The molecule has 19 heavy (non-hydrogen) atoms. The van der Waals surface area contributed by atoms with E-state index in [-0.39, 0.29) is 6.04 Å². The Bertz CT molecular complexity index is 552. The van der Waals surface area contributed by atoms with Gasteiger partial charge in [-0.3, -0.25) is 0 Å². The van der Waals surface area contributed by atoms with Crippen LogP contribution in [0.1, 0.15) is 22.7 Å². The van der Waals surface area contributed by atoms with Crippen molar-refractivity contribution in [3.05, 3.63) is 58.2 Å². The number of nitrogens with zero attached hydrogens (tertiary/aromatic N) is 1. The maximum atomic E-state index is 5.97. The Labute approximate surface area is 118 Å². The van der Waals surface area contributed by atoms with Gasteiger partial charge in [0.2, 0.25) is 0 Å². The van der Waals surface area contributed by atoms with Gasteiger partial charge >= 0.3 is 0 Å². The lowest BCUT2D eigenvalue weighted by Gasteiger charge is -2.18. The zero-order chi connectivity index (χ0) is 13.8. The fourth-order valence-corrected chi connectivity index (χ4v) is 2.23. The van der Waals surface area contributed by atoms with Gasteiger partial charge in [0.15, 0.2) is 0 Å². The molecular formula is C15H18ClN3. The van der Waals surface area contributed by atoms with Crippen molar-refractivity contribution < 1.29 is 0 Å². The normalized spacial score (nSPS) is 12.4. The van der Waals surface area contributed by atoms with Crippen LogP contribution in [0.2, 0.25) is 5.02 Å². The number of hydrogen-bond acceptors (Lipinski definition) is 3. The summed E-state index contributed by atoms with van der Waals surface area (Å²) in [6, 6.07) is 10.1. The van der Waals surface area contributed by atoms with E-state index in [1.54, 1.807) is 6.20 Å². The van der Waals surface area contributed by atoms with Gasteiger partial charge < -0.3 is 11.1 Å². The van der Waals surface area contributed by atoms with Crippen molar-refractivity contribution >= 4 is 17.4 Å². The molecule has 1 unspecified atom stereocenters. The lowest BCUT2D eigenvalue weighted by molar-refractivity contribution is 0.591. The second kappa shape index (κ2) is 6.04. The number of nitrogens with one attached hydrogen (secondary N) is 1. The number of likely N-dealkylation sites (N-methyl/N-ethyl adjacent to an activating group) is 1. The first kappa shape index (κ1) is 13.8. The van der Waals surface area contributed by atoms with E-state index in [4.69, 9.17) is 17.3 Å². The van der Waals surface area contributed by atoms with Gasteiger partial charge in [0.1, 0.15) is 5.82 Å². The summed E-state index contributed by atoms with van der Waals surface area (Å²) in [4.78, 5) is 4.22. The summed E-state index contributed by atoms with van der Waals surface area (Å²) in [7, 11) is 1.93. The molecule has 0 aliphatic carbocycles. The van der Waals surface area contributed by atoms with Crippen LogP contribution >= 0.6 is 11.6 Å². The van der Waals surface area contributed by atoms with Crippen LogP contribution in [0, 0.1) is 6.92 Å². The minimum absolute atomic E-state index is 0.147. The summed E-state index contributed by atoms with van der Waals surface area (Å²) in [6.07, 6.45) is 2.64. The molecule has 1 heterocycles. The smallest absolute Gasteiger partial charge is 0.128 e. The topological polar surface area (TPSA) is 50.9 Å². The number of halogens is 1. The van der Waals surface area contributed by atoms with E-state index in [2.05, 4.69) is 16.4 Å². The van der Waals surface area contributed by atoms with Crippen molar-refractivity contribution in [3.63, 3.8) is 0 Å². The van der Waals surface area contributed by atoms with E-state index < -0.39 is 0 Å². The zero-order valence-corrected chi connectivity index (χ0v) is 11.9. The molecule has 3 nitrogen and oxygen atoms in total. The summed E-state index contributed by atoms with van der Waals surface area (Å²) < 4.78 is 0. The Kier molecular flexibility index (Phi) is 4.40. The van der Waals surface area contributed by atoms with Crippen molar-refractivity contribution in [2.45, 2.75) is 19.4 Å².